The van der Waals surface area contributed by atoms with E-state index >= 15 is 0 Å². The molecule has 2 amide bonds. The first-order valence-corrected chi connectivity index (χ1v) is 9.50. The summed E-state index contributed by atoms with van der Waals surface area (Å²) in [6, 6.07) is 7.41. The van der Waals surface area contributed by atoms with Gasteiger partial charge in [0, 0.05) is 0 Å². The molecule has 0 unspecified atom stereocenters. The summed E-state index contributed by atoms with van der Waals surface area (Å²) in [5.74, 6) is 1.54. The van der Waals surface area contributed by atoms with Gasteiger partial charge in [0.25, 0.3) is 5.91 Å². The van der Waals surface area contributed by atoms with Crippen molar-refractivity contribution < 1.29 is 28.7 Å². The summed E-state index contributed by atoms with van der Waals surface area (Å²) in [5, 5.41) is 2.87. The Morgan fingerprint density at radius 3 is 2.26 bits per heavy atom. The van der Waals surface area contributed by atoms with Gasteiger partial charge in [0.05, 0.1) is 45.9 Å². The van der Waals surface area contributed by atoms with Gasteiger partial charge in [0.15, 0.2) is 6.54 Å². The van der Waals surface area contributed by atoms with Gasteiger partial charge >= 0.3 is 6.09 Å². The van der Waals surface area contributed by atoms with Crippen LogP contribution in [0, 0.1) is 0 Å². The first-order chi connectivity index (χ1) is 13.1. The number of carbonyl (C=O) groups is 2. The number of carbonyl (C=O) groups excluding carboxylic acids is 2. The van der Waals surface area contributed by atoms with E-state index in [-0.39, 0.29) is 12.0 Å². The lowest BCUT2D eigenvalue weighted by Gasteiger charge is -2.31. The monoisotopic (exact) mass is 380 g/mol. The first-order valence-electron chi connectivity index (χ1n) is 9.50. The van der Waals surface area contributed by atoms with Crippen molar-refractivity contribution in [2.45, 2.75) is 13.8 Å². The molecule has 0 aliphatic carbocycles. The molecular weight excluding hydrogens is 350 g/mol. The highest BCUT2D eigenvalue weighted by Crippen LogP contribution is 2.17. The molecule has 0 atom stereocenters. The van der Waals surface area contributed by atoms with Crippen LogP contribution in [-0.4, -0.2) is 76.0 Å². The maximum atomic E-state index is 12.0. The molecular formula is C19H30N3O5+. The van der Waals surface area contributed by atoms with Gasteiger partial charge in [0.2, 0.25) is 0 Å². The Hall–Kier alpha value is -2.48. The number of nitrogens with one attached hydrogen (secondary N) is 2. The number of quaternary nitrogens is 1. The standard InChI is InChI=1S/C19H29N3O5/c1-3-25-16-5-7-17(8-6-16)27-14-9-20-18(23)15-21-10-12-22(13-11-21)19(24)26-4-2/h5-8H,3-4,9-15H2,1-2H3,(H,20,23)/p+1. The van der Waals surface area contributed by atoms with Gasteiger partial charge in [-0.15, -0.1) is 0 Å². The molecule has 8 heteroatoms. The van der Waals surface area contributed by atoms with Crippen LogP contribution in [0.2, 0.25) is 0 Å². The van der Waals surface area contributed by atoms with Crippen LogP contribution in [0.4, 0.5) is 4.79 Å². The van der Waals surface area contributed by atoms with Gasteiger partial charge < -0.3 is 24.4 Å². The number of amides is 2. The highest BCUT2D eigenvalue weighted by molar-refractivity contribution is 5.76. The Kier molecular flexibility index (Phi) is 8.70. The smallest absolute Gasteiger partial charge is 0.410 e. The second-order valence-corrected chi connectivity index (χ2v) is 6.22. The Labute approximate surface area is 160 Å². The third-order valence-electron chi connectivity index (χ3n) is 4.23. The van der Waals surface area contributed by atoms with Crippen molar-refractivity contribution in [3.63, 3.8) is 0 Å². The Balaban J connectivity index is 1.58. The molecule has 0 aromatic heterocycles. The third-order valence-corrected chi connectivity index (χ3v) is 4.23. The van der Waals surface area contributed by atoms with E-state index in [1.165, 1.54) is 4.90 Å². The third kappa shape index (κ3) is 7.34. The zero-order chi connectivity index (χ0) is 19.5. The Morgan fingerprint density at radius 2 is 1.67 bits per heavy atom. The van der Waals surface area contributed by atoms with Crippen molar-refractivity contribution in [1.82, 2.24) is 10.2 Å². The number of nitrogens with zero attached hydrogens (tertiary/aromatic N) is 1. The Morgan fingerprint density at radius 1 is 1.04 bits per heavy atom. The molecule has 150 valence electrons. The van der Waals surface area contributed by atoms with Crippen LogP contribution in [-0.2, 0) is 9.53 Å². The zero-order valence-corrected chi connectivity index (χ0v) is 16.2. The van der Waals surface area contributed by atoms with Gasteiger partial charge in [-0.3, -0.25) is 9.69 Å². The van der Waals surface area contributed by atoms with E-state index in [0.717, 1.165) is 24.6 Å². The number of hydrogen-bond donors (Lipinski definition) is 2. The molecule has 1 aromatic carbocycles. The van der Waals surface area contributed by atoms with E-state index in [2.05, 4.69) is 5.32 Å². The molecule has 1 aliphatic heterocycles. The normalized spacial score (nSPS) is 14.5. The number of piperazine rings is 1. The van der Waals surface area contributed by atoms with Crippen LogP contribution in [0.1, 0.15) is 13.8 Å². The predicted octanol–water partition coefficient (Wildman–Crippen LogP) is -0.0627. The van der Waals surface area contributed by atoms with Gasteiger partial charge in [-0.2, -0.15) is 0 Å². The minimum absolute atomic E-state index is 0.00937. The Bertz CT molecular complexity index is 586. The lowest BCUT2D eigenvalue weighted by molar-refractivity contribution is -0.896. The molecule has 1 aliphatic rings. The summed E-state index contributed by atoms with van der Waals surface area (Å²) in [6.07, 6.45) is -0.271. The first kappa shape index (κ1) is 20.8. The van der Waals surface area contributed by atoms with Crippen LogP contribution >= 0.6 is 0 Å². The minimum Gasteiger partial charge on any atom is -0.494 e. The second-order valence-electron chi connectivity index (χ2n) is 6.22. The van der Waals surface area contributed by atoms with Crippen molar-refractivity contribution in [3.8, 4) is 11.5 Å². The zero-order valence-electron chi connectivity index (χ0n) is 16.2. The topological polar surface area (TPSA) is 81.5 Å². The van der Waals surface area contributed by atoms with Crippen LogP contribution in [0.5, 0.6) is 11.5 Å². The summed E-state index contributed by atoms with van der Waals surface area (Å²) in [5.41, 5.74) is 0. The van der Waals surface area contributed by atoms with E-state index in [4.69, 9.17) is 14.2 Å². The van der Waals surface area contributed by atoms with Crippen molar-refractivity contribution in [2.75, 3.05) is 59.1 Å². The molecule has 1 saturated heterocycles. The molecule has 0 spiro atoms. The maximum Gasteiger partial charge on any atom is 0.410 e. The summed E-state index contributed by atoms with van der Waals surface area (Å²) < 4.78 is 16.0. The van der Waals surface area contributed by atoms with Crippen molar-refractivity contribution >= 4 is 12.0 Å². The quantitative estimate of drug-likeness (QED) is 0.587. The van der Waals surface area contributed by atoms with E-state index in [1.807, 2.05) is 31.2 Å². The van der Waals surface area contributed by atoms with E-state index in [9.17, 15) is 9.59 Å². The summed E-state index contributed by atoms with van der Waals surface area (Å²) in [7, 11) is 0. The molecule has 0 bridgehead atoms. The van der Waals surface area contributed by atoms with Gasteiger partial charge in [-0.05, 0) is 38.1 Å². The average molecular weight is 380 g/mol. The van der Waals surface area contributed by atoms with Crippen LogP contribution in [0.15, 0.2) is 24.3 Å². The van der Waals surface area contributed by atoms with Crippen LogP contribution in [0.3, 0.4) is 0 Å². The SMILES string of the molecule is CCOC(=O)N1CC[NH+](CC(=O)NCCOc2ccc(OCC)cc2)CC1. The fourth-order valence-electron chi connectivity index (χ4n) is 2.84. The predicted molar refractivity (Wildman–Crippen MR) is 100 cm³/mol. The lowest BCUT2D eigenvalue weighted by Crippen LogP contribution is -3.15. The summed E-state index contributed by atoms with van der Waals surface area (Å²) >= 11 is 0. The average Bonchev–Trinajstić information content (AvgIpc) is 2.67. The van der Waals surface area contributed by atoms with Crippen molar-refractivity contribution in [3.05, 3.63) is 24.3 Å². The van der Waals surface area contributed by atoms with Crippen molar-refractivity contribution in [1.29, 1.82) is 0 Å². The molecule has 1 aromatic rings. The number of hydrogen-bond acceptors (Lipinski definition) is 5. The van der Waals surface area contributed by atoms with Crippen molar-refractivity contribution in [2.24, 2.45) is 0 Å². The van der Waals surface area contributed by atoms with Gasteiger partial charge in [-0.25, -0.2) is 4.79 Å². The van der Waals surface area contributed by atoms with E-state index < -0.39 is 0 Å². The molecule has 2 N–H and O–H groups in total. The molecule has 0 saturated carbocycles. The van der Waals surface area contributed by atoms with E-state index in [1.54, 1.807) is 11.8 Å². The lowest BCUT2D eigenvalue weighted by atomic mass is 10.3. The van der Waals surface area contributed by atoms with Gasteiger partial charge in [0.1, 0.15) is 18.1 Å². The van der Waals surface area contributed by atoms with Crippen LogP contribution in [0.25, 0.3) is 0 Å². The molecule has 1 fully saturated rings. The highest BCUT2D eigenvalue weighted by atomic mass is 16.6. The van der Waals surface area contributed by atoms with Crippen LogP contribution < -0.4 is 19.7 Å². The molecule has 27 heavy (non-hydrogen) atoms. The minimum atomic E-state index is -0.271. The number of rotatable bonds is 9. The van der Waals surface area contributed by atoms with E-state index in [0.29, 0.717) is 46.0 Å². The molecule has 2 rings (SSSR count). The summed E-state index contributed by atoms with van der Waals surface area (Å²) in [4.78, 5) is 26.6. The molecule has 8 nitrogen and oxygen atoms in total. The largest absolute Gasteiger partial charge is 0.494 e. The highest BCUT2D eigenvalue weighted by Gasteiger charge is 2.25. The maximum absolute atomic E-state index is 12.0. The second kappa shape index (κ2) is 11.3. The fraction of sp³-hybridized carbons (Fsp3) is 0.579. The molecule has 1 heterocycles. The molecule has 0 radical (unpaired) electrons. The number of benzene rings is 1. The number of ether oxygens (including phenoxy) is 3. The van der Waals surface area contributed by atoms with Gasteiger partial charge in [-0.1, -0.05) is 0 Å². The summed E-state index contributed by atoms with van der Waals surface area (Å²) in [6.45, 7) is 8.73. The fourth-order valence-corrected chi connectivity index (χ4v) is 2.84.